The van der Waals surface area contributed by atoms with Gasteiger partial charge < -0.3 is 20.3 Å². The molecular weight excluding hydrogens is 537 g/mol. The summed E-state index contributed by atoms with van der Waals surface area (Å²) in [6.07, 6.45) is 6.40. The Morgan fingerprint density at radius 1 is 1.12 bits per heavy atom. The fraction of sp³-hybridized carbons (Fsp3) is 0.633. The SMILES string of the molecule is CN1CCN(n2ccc3cc(NC4NCC5C(=O)N6C/C(F)=C\CCC(C)(O)C7CCCC(N7)N6C5N4)ccc32)CC1. The number of nitrogens with zero attached hydrogens (tertiary/aromatic N) is 5. The summed E-state index contributed by atoms with van der Waals surface area (Å²) < 4.78 is 17.3. The molecule has 7 rings (SSSR count). The van der Waals surface area contributed by atoms with E-state index in [0.717, 1.165) is 56.5 Å². The van der Waals surface area contributed by atoms with Crippen LogP contribution in [0.3, 0.4) is 0 Å². The zero-order chi connectivity index (χ0) is 29.0. The van der Waals surface area contributed by atoms with Crippen molar-refractivity contribution in [1.29, 1.82) is 0 Å². The van der Waals surface area contributed by atoms with Crippen LogP contribution >= 0.6 is 0 Å². The topological polar surface area (TPSA) is 103 Å². The fourth-order valence-electron chi connectivity index (χ4n) is 7.41. The Bertz CT molecular complexity index is 1340. The fourth-order valence-corrected chi connectivity index (χ4v) is 7.41. The molecule has 2 bridgehead atoms. The summed E-state index contributed by atoms with van der Waals surface area (Å²) in [4.78, 5) is 16.0. The minimum absolute atomic E-state index is 0.0800. The van der Waals surface area contributed by atoms with Crippen LogP contribution in [0.25, 0.3) is 10.9 Å². The number of aromatic nitrogens is 1. The van der Waals surface area contributed by atoms with Crippen LogP contribution < -0.4 is 26.3 Å². The number of hydrogen-bond donors (Lipinski definition) is 5. The number of rotatable bonds is 3. The summed E-state index contributed by atoms with van der Waals surface area (Å²) in [7, 11) is 2.16. The molecule has 2 aromatic rings. The summed E-state index contributed by atoms with van der Waals surface area (Å²) in [5.74, 6) is -0.760. The average Bonchev–Trinajstić information content (AvgIpc) is 3.51. The molecule has 12 heteroatoms. The number of carbonyl (C=O) groups excluding carboxylic acids is 1. The van der Waals surface area contributed by atoms with Gasteiger partial charge in [0.15, 0.2) is 0 Å². The molecule has 5 aliphatic heterocycles. The number of likely N-dealkylation sites (N-methyl/N-ethyl adjacent to an activating group) is 1. The van der Waals surface area contributed by atoms with E-state index in [-0.39, 0.29) is 48.9 Å². The molecule has 4 saturated heterocycles. The first-order valence-corrected chi connectivity index (χ1v) is 15.5. The molecule has 11 nitrogen and oxygen atoms in total. The molecule has 0 spiro atoms. The largest absolute Gasteiger partial charge is 0.389 e. The number of piperidine rings is 1. The number of aliphatic hydroxyl groups is 1. The first-order valence-electron chi connectivity index (χ1n) is 15.5. The Hall–Kier alpha value is -2.74. The quantitative estimate of drug-likeness (QED) is 0.367. The van der Waals surface area contributed by atoms with Crippen molar-refractivity contribution in [2.75, 3.05) is 56.6 Å². The van der Waals surface area contributed by atoms with Crippen LogP contribution in [0.4, 0.5) is 10.1 Å². The Morgan fingerprint density at radius 3 is 2.79 bits per heavy atom. The number of benzene rings is 1. The van der Waals surface area contributed by atoms with Crippen LogP contribution in [0.2, 0.25) is 0 Å². The monoisotopic (exact) mass is 581 g/mol. The Morgan fingerprint density at radius 2 is 1.95 bits per heavy atom. The average molecular weight is 582 g/mol. The molecule has 4 fully saturated rings. The Labute approximate surface area is 246 Å². The normalized spacial score (nSPS) is 36.2. The predicted molar refractivity (Wildman–Crippen MR) is 160 cm³/mol. The lowest BCUT2D eigenvalue weighted by Gasteiger charge is -2.47. The van der Waals surface area contributed by atoms with E-state index in [1.165, 1.54) is 11.6 Å². The van der Waals surface area contributed by atoms with E-state index in [1.807, 2.05) is 11.9 Å². The highest BCUT2D eigenvalue weighted by atomic mass is 19.1. The van der Waals surface area contributed by atoms with Gasteiger partial charge in [0, 0.05) is 56.0 Å². The third kappa shape index (κ3) is 5.18. The van der Waals surface area contributed by atoms with Gasteiger partial charge in [0.1, 0.15) is 12.1 Å². The molecule has 1 aromatic carbocycles. The minimum atomic E-state index is -0.957. The van der Waals surface area contributed by atoms with Crippen molar-refractivity contribution in [3.05, 3.63) is 42.4 Å². The van der Waals surface area contributed by atoms with Gasteiger partial charge in [-0.3, -0.25) is 30.4 Å². The highest BCUT2D eigenvalue weighted by Gasteiger charge is 2.53. The Kier molecular flexibility index (Phi) is 7.40. The van der Waals surface area contributed by atoms with E-state index in [0.29, 0.717) is 19.4 Å². The second kappa shape index (κ2) is 11.1. The molecule has 228 valence electrons. The number of piperazine rings is 1. The van der Waals surface area contributed by atoms with E-state index < -0.39 is 5.60 Å². The first-order chi connectivity index (χ1) is 20.3. The predicted octanol–water partition coefficient (Wildman–Crippen LogP) is 1.28. The van der Waals surface area contributed by atoms with Gasteiger partial charge in [-0.2, -0.15) is 5.01 Å². The number of carbonyl (C=O) groups is 1. The zero-order valence-electron chi connectivity index (χ0n) is 24.6. The van der Waals surface area contributed by atoms with Crippen LogP contribution in [-0.4, -0.2) is 107 Å². The zero-order valence-corrected chi connectivity index (χ0v) is 24.6. The molecule has 0 radical (unpaired) electrons. The second-order valence-electron chi connectivity index (χ2n) is 12.9. The molecule has 1 aromatic heterocycles. The summed E-state index contributed by atoms with van der Waals surface area (Å²) >= 11 is 0. The number of fused-ring (bicyclic) bond motifs is 7. The highest BCUT2D eigenvalue weighted by Crippen LogP contribution is 2.35. The number of hydrazine groups is 1. The van der Waals surface area contributed by atoms with Gasteiger partial charge in [-0.25, -0.2) is 4.39 Å². The van der Waals surface area contributed by atoms with Crippen LogP contribution in [0.15, 0.2) is 42.4 Å². The van der Waals surface area contributed by atoms with E-state index in [2.05, 4.69) is 73.4 Å². The molecule has 0 aliphatic carbocycles. The van der Waals surface area contributed by atoms with Crippen molar-refractivity contribution in [1.82, 2.24) is 35.5 Å². The van der Waals surface area contributed by atoms with Gasteiger partial charge in [-0.1, -0.05) is 6.08 Å². The van der Waals surface area contributed by atoms with E-state index in [9.17, 15) is 9.90 Å². The number of hydrogen-bond acceptors (Lipinski definition) is 9. The molecule has 6 unspecified atom stereocenters. The van der Waals surface area contributed by atoms with Gasteiger partial charge in [-0.05, 0) is 70.3 Å². The van der Waals surface area contributed by atoms with Crippen molar-refractivity contribution in [3.8, 4) is 0 Å². The van der Waals surface area contributed by atoms with Crippen molar-refractivity contribution in [2.24, 2.45) is 5.92 Å². The third-order valence-electron chi connectivity index (χ3n) is 9.91. The smallest absolute Gasteiger partial charge is 0.244 e. The number of nitrogens with one attached hydrogen (secondary N) is 4. The van der Waals surface area contributed by atoms with Crippen LogP contribution in [0, 0.1) is 5.92 Å². The van der Waals surface area contributed by atoms with Crippen molar-refractivity contribution < 1.29 is 14.3 Å². The maximum atomic E-state index is 15.1. The minimum Gasteiger partial charge on any atom is -0.389 e. The van der Waals surface area contributed by atoms with E-state index >= 15 is 4.39 Å². The summed E-state index contributed by atoms with van der Waals surface area (Å²) in [5, 5.41) is 32.7. The standard InChI is InChI=1S/C30H44FN9O2/c1-30(42)11-4-5-21(31)19-39-28(41)23-18-32-29(35-27(23)40(39)26-7-3-6-25(30)34-26)33-22-8-9-24-20(17-22)10-12-38(24)37-15-13-36(2)14-16-37/h5,8-10,12,17,23,25-27,29,32-35,42H,3-4,6-7,11,13-16,18-19H2,1-2H3/b21-5+. The van der Waals surface area contributed by atoms with E-state index in [1.54, 1.807) is 5.01 Å². The van der Waals surface area contributed by atoms with Crippen LogP contribution in [0.1, 0.15) is 39.0 Å². The lowest BCUT2D eigenvalue weighted by atomic mass is 9.85. The molecule has 6 atom stereocenters. The Balaban J connectivity index is 1.10. The maximum absolute atomic E-state index is 15.1. The maximum Gasteiger partial charge on any atom is 0.244 e. The highest BCUT2D eigenvalue weighted by molar-refractivity contribution is 5.84. The molecule has 0 saturated carbocycles. The summed E-state index contributed by atoms with van der Waals surface area (Å²) in [6.45, 7) is 6.33. The summed E-state index contributed by atoms with van der Waals surface area (Å²) in [6, 6.07) is 8.44. The molecule has 42 heavy (non-hydrogen) atoms. The summed E-state index contributed by atoms with van der Waals surface area (Å²) in [5.41, 5.74) is 1.20. The van der Waals surface area contributed by atoms with E-state index in [4.69, 9.17) is 0 Å². The molecule has 5 aliphatic rings. The van der Waals surface area contributed by atoms with Crippen molar-refractivity contribution >= 4 is 22.5 Å². The first kappa shape index (κ1) is 28.1. The number of anilines is 1. The number of halogens is 1. The van der Waals surface area contributed by atoms with Gasteiger partial charge >= 0.3 is 0 Å². The molecule has 5 N–H and O–H groups in total. The third-order valence-corrected chi connectivity index (χ3v) is 9.91. The second-order valence-corrected chi connectivity index (χ2v) is 12.9. The lowest BCUT2D eigenvalue weighted by Crippen LogP contribution is -2.69. The molecular formula is C30H44FN9O2. The van der Waals surface area contributed by atoms with Crippen molar-refractivity contribution in [3.63, 3.8) is 0 Å². The van der Waals surface area contributed by atoms with Gasteiger partial charge in [0.2, 0.25) is 5.91 Å². The molecule has 6 heterocycles. The van der Waals surface area contributed by atoms with Gasteiger partial charge in [-0.15, -0.1) is 0 Å². The van der Waals surface area contributed by atoms with Gasteiger partial charge in [0.05, 0.1) is 35.9 Å². The van der Waals surface area contributed by atoms with Crippen molar-refractivity contribution in [2.45, 2.75) is 69.3 Å². The number of amides is 1. The van der Waals surface area contributed by atoms with Gasteiger partial charge in [0.25, 0.3) is 0 Å². The van der Waals surface area contributed by atoms with Crippen LogP contribution in [0.5, 0.6) is 0 Å². The van der Waals surface area contributed by atoms with Crippen LogP contribution in [-0.2, 0) is 4.79 Å². The lowest BCUT2D eigenvalue weighted by molar-refractivity contribution is -0.147. The molecule has 1 amide bonds. The number of allylic oxidation sites excluding steroid dienone is 1.